The molecule has 0 aliphatic carbocycles. The number of urea groups is 1. The Bertz CT molecular complexity index is 1150. The van der Waals surface area contributed by atoms with Crippen LogP contribution in [-0.2, 0) is 20.8 Å². The van der Waals surface area contributed by atoms with Gasteiger partial charge in [-0.1, -0.05) is 24.3 Å². The standard InChI is InChI=1S/C28H37N5O5/c1-20-7-4-5-9-24(20)29-28(36)30-25-11-10-22(17-26(25)37-3)18-27(35)33-12-6-8-23(33)19-31-13-15-32(16-14-31)38-21(2)34/h4-5,7,9-11,17,23H,6,8,12-16,18-19H2,1-3H3,(H2,29,30,36). The summed E-state index contributed by atoms with van der Waals surface area (Å²) in [5.74, 6) is 0.293. The predicted molar refractivity (Wildman–Crippen MR) is 145 cm³/mol. The fourth-order valence-electron chi connectivity index (χ4n) is 5.05. The minimum Gasteiger partial charge on any atom is -0.495 e. The molecule has 0 bridgehead atoms. The van der Waals surface area contributed by atoms with Gasteiger partial charge < -0.3 is 25.1 Å². The van der Waals surface area contributed by atoms with Crippen LogP contribution in [-0.4, -0.2) is 85.2 Å². The second-order valence-corrected chi connectivity index (χ2v) is 9.80. The number of nitrogens with one attached hydrogen (secondary N) is 2. The first-order chi connectivity index (χ1) is 18.3. The van der Waals surface area contributed by atoms with Crippen molar-refractivity contribution in [2.24, 2.45) is 0 Å². The molecule has 2 aliphatic heterocycles. The largest absolute Gasteiger partial charge is 0.495 e. The summed E-state index contributed by atoms with van der Waals surface area (Å²) in [5.41, 5.74) is 3.06. The maximum Gasteiger partial charge on any atom is 0.323 e. The summed E-state index contributed by atoms with van der Waals surface area (Å²) in [6, 6.07) is 12.8. The minimum absolute atomic E-state index is 0.0890. The quantitative estimate of drug-likeness (QED) is 0.547. The average molecular weight is 524 g/mol. The Labute approximate surface area is 223 Å². The number of hydroxylamine groups is 2. The van der Waals surface area contributed by atoms with Crippen molar-refractivity contribution in [3.8, 4) is 5.75 Å². The lowest BCUT2D eigenvalue weighted by atomic mass is 10.1. The second-order valence-electron chi connectivity index (χ2n) is 9.80. The highest BCUT2D eigenvalue weighted by molar-refractivity contribution is 6.01. The molecule has 4 rings (SSSR count). The van der Waals surface area contributed by atoms with E-state index in [1.165, 1.54) is 6.92 Å². The van der Waals surface area contributed by atoms with Crippen LogP contribution in [0.5, 0.6) is 5.75 Å². The zero-order valence-electron chi connectivity index (χ0n) is 22.4. The van der Waals surface area contributed by atoms with Gasteiger partial charge in [0.1, 0.15) is 5.75 Å². The maximum absolute atomic E-state index is 13.3. The summed E-state index contributed by atoms with van der Waals surface area (Å²) >= 11 is 0. The molecular formula is C28H37N5O5. The van der Waals surface area contributed by atoms with E-state index in [-0.39, 0.29) is 30.4 Å². The first kappa shape index (κ1) is 27.4. The second kappa shape index (κ2) is 12.7. The van der Waals surface area contributed by atoms with Crippen molar-refractivity contribution < 1.29 is 24.0 Å². The Balaban J connectivity index is 1.31. The SMILES string of the molecule is COc1cc(CC(=O)N2CCCC2CN2CCN(OC(C)=O)CC2)ccc1NC(=O)Nc1ccccc1C. The van der Waals surface area contributed by atoms with E-state index in [0.29, 0.717) is 24.5 Å². The van der Waals surface area contributed by atoms with Gasteiger partial charge in [-0.25, -0.2) is 4.79 Å². The molecule has 0 aromatic heterocycles. The van der Waals surface area contributed by atoms with Crippen LogP contribution in [0.25, 0.3) is 0 Å². The smallest absolute Gasteiger partial charge is 0.323 e. The van der Waals surface area contributed by atoms with E-state index in [1.54, 1.807) is 24.3 Å². The van der Waals surface area contributed by atoms with Gasteiger partial charge in [0.25, 0.3) is 0 Å². The number of anilines is 2. The summed E-state index contributed by atoms with van der Waals surface area (Å²) in [5, 5.41) is 7.38. The van der Waals surface area contributed by atoms with Crippen LogP contribution in [0, 0.1) is 6.92 Å². The molecule has 2 fully saturated rings. The highest BCUT2D eigenvalue weighted by Crippen LogP contribution is 2.27. The van der Waals surface area contributed by atoms with Crippen LogP contribution in [0.4, 0.5) is 16.2 Å². The number of rotatable bonds is 8. The van der Waals surface area contributed by atoms with Gasteiger partial charge in [-0.3, -0.25) is 14.5 Å². The zero-order valence-corrected chi connectivity index (χ0v) is 22.4. The Hall–Kier alpha value is -3.63. The molecule has 10 nitrogen and oxygen atoms in total. The number of hydrogen-bond donors (Lipinski definition) is 2. The lowest BCUT2D eigenvalue weighted by Gasteiger charge is -2.36. The molecule has 2 saturated heterocycles. The van der Waals surface area contributed by atoms with E-state index >= 15 is 0 Å². The van der Waals surface area contributed by atoms with Crippen molar-refractivity contribution >= 4 is 29.3 Å². The van der Waals surface area contributed by atoms with Crippen molar-refractivity contribution in [3.05, 3.63) is 53.6 Å². The third-order valence-electron chi connectivity index (χ3n) is 7.02. The number of hydrogen-bond acceptors (Lipinski definition) is 7. The summed E-state index contributed by atoms with van der Waals surface area (Å²) in [6.45, 7) is 7.86. The Kier molecular flexibility index (Phi) is 9.19. The topological polar surface area (TPSA) is 103 Å². The number of carbonyl (C=O) groups is 3. The average Bonchev–Trinajstić information content (AvgIpc) is 3.35. The summed E-state index contributed by atoms with van der Waals surface area (Å²) in [7, 11) is 1.54. The first-order valence-corrected chi connectivity index (χ1v) is 13.1. The van der Waals surface area contributed by atoms with Gasteiger partial charge in [-0.15, -0.1) is 5.06 Å². The molecule has 10 heteroatoms. The molecule has 3 amide bonds. The van der Waals surface area contributed by atoms with E-state index in [9.17, 15) is 14.4 Å². The number of piperazine rings is 1. The van der Waals surface area contributed by atoms with Crippen LogP contribution in [0.15, 0.2) is 42.5 Å². The fraction of sp³-hybridized carbons (Fsp3) is 0.464. The van der Waals surface area contributed by atoms with E-state index in [1.807, 2.05) is 42.2 Å². The molecule has 2 aliphatic rings. The Morgan fingerprint density at radius 2 is 1.71 bits per heavy atom. The van der Waals surface area contributed by atoms with Gasteiger partial charge in [0.05, 0.1) is 19.2 Å². The van der Waals surface area contributed by atoms with E-state index in [4.69, 9.17) is 9.57 Å². The van der Waals surface area contributed by atoms with Crippen LogP contribution in [0.2, 0.25) is 0 Å². The molecule has 2 aromatic rings. The molecule has 1 unspecified atom stereocenters. The minimum atomic E-state index is -0.366. The zero-order chi connectivity index (χ0) is 27.1. The number of likely N-dealkylation sites (tertiary alicyclic amines) is 1. The van der Waals surface area contributed by atoms with Gasteiger partial charge >= 0.3 is 12.0 Å². The van der Waals surface area contributed by atoms with Crippen molar-refractivity contribution in [3.63, 3.8) is 0 Å². The monoisotopic (exact) mass is 523 g/mol. The Morgan fingerprint density at radius 3 is 2.42 bits per heavy atom. The van der Waals surface area contributed by atoms with Gasteiger partial charge in [0.2, 0.25) is 5.91 Å². The molecule has 204 valence electrons. The lowest BCUT2D eigenvalue weighted by molar-refractivity contribution is -0.195. The van der Waals surface area contributed by atoms with E-state index < -0.39 is 0 Å². The molecule has 0 saturated carbocycles. The highest BCUT2D eigenvalue weighted by Gasteiger charge is 2.31. The summed E-state index contributed by atoms with van der Waals surface area (Å²) in [6.07, 6.45) is 2.24. The Morgan fingerprint density at radius 1 is 0.974 bits per heavy atom. The molecule has 2 aromatic carbocycles. The number of methoxy groups -OCH3 is 1. The molecule has 2 N–H and O–H groups in total. The maximum atomic E-state index is 13.3. The van der Waals surface area contributed by atoms with Gasteiger partial charge in [0, 0.05) is 57.9 Å². The van der Waals surface area contributed by atoms with Crippen molar-refractivity contribution in [1.82, 2.24) is 14.9 Å². The van der Waals surface area contributed by atoms with Crippen molar-refractivity contribution in [2.45, 2.75) is 39.2 Å². The number of carbonyl (C=O) groups excluding carboxylic acids is 3. The highest BCUT2D eigenvalue weighted by atomic mass is 16.7. The van der Waals surface area contributed by atoms with Crippen molar-refractivity contribution in [2.75, 3.05) is 57.0 Å². The number of amides is 3. The third-order valence-corrected chi connectivity index (χ3v) is 7.02. The number of ether oxygens (including phenoxy) is 1. The van der Waals surface area contributed by atoms with Crippen LogP contribution in [0.1, 0.15) is 30.9 Å². The molecule has 38 heavy (non-hydrogen) atoms. The molecular weight excluding hydrogens is 486 g/mol. The normalized spacial score (nSPS) is 18.2. The van der Waals surface area contributed by atoms with E-state index in [2.05, 4.69) is 15.5 Å². The predicted octanol–water partition coefficient (Wildman–Crippen LogP) is 3.28. The number of para-hydroxylation sites is 1. The third kappa shape index (κ3) is 7.23. The molecule has 0 spiro atoms. The van der Waals surface area contributed by atoms with Gasteiger partial charge in [-0.05, 0) is 49.1 Å². The number of nitrogens with zero attached hydrogens (tertiary/aromatic N) is 3. The fourth-order valence-corrected chi connectivity index (χ4v) is 5.05. The summed E-state index contributed by atoms with van der Waals surface area (Å²) in [4.78, 5) is 46.5. The summed E-state index contributed by atoms with van der Waals surface area (Å²) < 4.78 is 5.51. The van der Waals surface area contributed by atoms with Crippen LogP contribution < -0.4 is 15.4 Å². The first-order valence-electron chi connectivity index (χ1n) is 13.1. The lowest BCUT2D eigenvalue weighted by Crippen LogP contribution is -2.51. The van der Waals surface area contributed by atoms with Crippen LogP contribution >= 0.6 is 0 Å². The van der Waals surface area contributed by atoms with E-state index in [0.717, 1.165) is 55.8 Å². The van der Waals surface area contributed by atoms with Gasteiger partial charge in [-0.2, -0.15) is 0 Å². The van der Waals surface area contributed by atoms with Crippen molar-refractivity contribution in [1.29, 1.82) is 0 Å². The number of benzene rings is 2. The van der Waals surface area contributed by atoms with Crippen LogP contribution in [0.3, 0.4) is 0 Å². The molecule has 0 radical (unpaired) electrons. The molecule has 1 atom stereocenters. The number of aryl methyl sites for hydroxylation is 1. The van der Waals surface area contributed by atoms with Gasteiger partial charge in [0.15, 0.2) is 0 Å². The molecule has 2 heterocycles.